The van der Waals surface area contributed by atoms with Crippen LogP contribution in [0.1, 0.15) is 25.0 Å². The van der Waals surface area contributed by atoms with Crippen LogP contribution in [-0.2, 0) is 17.6 Å². The molecular formula is C18H21NO2. The van der Waals surface area contributed by atoms with E-state index in [1.54, 1.807) is 0 Å². The molecule has 0 aliphatic carbocycles. The number of hydrogen-bond acceptors (Lipinski definition) is 2. The molecule has 0 heterocycles. The van der Waals surface area contributed by atoms with E-state index < -0.39 is 0 Å². The van der Waals surface area contributed by atoms with Crippen LogP contribution >= 0.6 is 0 Å². The van der Waals surface area contributed by atoms with Crippen LogP contribution in [0.2, 0.25) is 0 Å². The van der Waals surface area contributed by atoms with E-state index >= 15 is 0 Å². The van der Waals surface area contributed by atoms with Gasteiger partial charge in [-0.05, 0) is 48.2 Å². The van der Waals surface area contributed by atoms with Crippen molar-refractivity contribution in [1.82, 2.24) is 0 Å². The zero-order chi connectivity index (χ0) is 15.1. The predicted octanol–water partition coefficient (Wildman–Crippen LogP) is 3.83. The van der Waals surface area contributed by atoms with Crippen molar-refractivity contribution in [3.05, 3.63) is 59.7 Å². The lowest BCUT2D eigenvalue weighted by atomic mass is 10.1. The van der Waals surface area contributed by atoms with Crippen LogP contribution in [0.3, 0.4) is 0 Å². The number of nitrogens with one attached hydrogen (secondary N) is 1. The molecule has 0 saturated carbocycles. The van der Waals surface area contributed by atoms with Gasteiger partial charge in [0, 0.05) is 5.69 Å². The van der Waals surface area contributed by atoms with E-state index in [1.807, 2.05) is 48.5 Å². The number of amides is 1. The number of aryl methyl sites for hydroxylation is 2. The molecular weight excluding hydrogens is 262 g/mol. The quantitative estimate of drug-likeness (QED) is 0.875. The zero-order valence-electron chi connectivity index (χ0n) is 12.6. The average molecular weight is 283 g/mol. The molecule has 0 spiro atoms. The highest BCUT2D eigenvalue weighted by molar-refractivity contribution is 5.91. The number of carbonyl (C=O) groups is 1. The van der Waals surface area contributed by atoms with Gasteiger partial charge in [-0.15, -0.1) is 0 Å². The minimum atomic E-state index is -0.150. The highest BCUT2D eigenvalue weighted by atomic mass is 16.5. The first-order valence-corrected chi connectivity index (χ1v) is 7.31. The van der Waals surface area contributed by atoms with Crippen molar-refractivity contribution < 1.29 is 9.53 Å². The zero-order valence-corrected chi connectivity index (χ0v) is 12.6. The first-order chi connectivity index (χ1) is 10.2. The molecule has 0 aromatic heterocycles. The van der Waals surface area contributed by atoms with E-state index in [4.69, 9.17) is 4.74 Å². The van der Waals surface area contributed by atoms with Gasteiger partial charge in [-0.3, -0.25) is 4.79 Å². The van der Waals surface area contributed by atoms with Gasteiger partial charge in [0.05, 0.1) is 0 Å². The van der Waals surface area contributed by atoms with Crippen LogP contribution in [-0.4, -0.2) is 12.5 Å². The van der Waals surface area contributed by atoms with Gasteiger partial charge in [-0.1, -0.05) is 38.1 Å². The van der Waals surface area contributed by atoms with Gasteiger partial charge in [-0.2, -0.15) is 0 Å². The molecule has 0 aliphatic heterocycles. The number of carbonyl (C=O) groups excluding carboxylic acids is 1. The van der Waals surface area contributed by atoms with E-state index in [-0.39, 0.29) is 12.5 Å². The summed E-state index contributed by atoms with van der Waals surface area (Å²) in [5.41, 5.74) is 3.26. The first kappa shape index (κ1) is 15.1. The number of hydrogen-bond donors (Lipinski definition) is 1. The topological polar surface area (TPSA) is 38.3 Å². The van der Waals surface area contributed by atoms with E-state index in [0.717, 1.165) is 18.5 Å². The van der Waals surface area contributed by atoms with Crippen molar-refractivity contribution in [3.8, 4) is 5.75 Å². The normalized spacial score (nSPS) is 10.2. The molecule has 110 valence electrons. The SMILES string of the molecule is CCc1ccc(OCC(=O)Nc2cccc(CC)c2)cc1. The molecule has 0 radical (unpaired) electrons. The van der Waals surface area contributed by atoms with Gasteiger partial charge >= 0.3 is 0 Å². The van der Waals surface area contributed by atoms with Crippen molar-refractivity contribution in [3.63, 3.8) is 0 Å². The first-order valence-electron chi connectivity index (χ1n) is 7.31. The maximum atomic E-state index is 11.9. The third kappa shape index (κ3) is 4.63. The molecule has 1 N–H and O–H groups in total. The highest BCUT2D eigenvalue weighted by Crippen LogP contribution is 2.13. The molecule has 2 aromatic rings. The lowest BCUT2D eigenvalue weighted by Crippen LogP contribution is -2.20. The second-order valence-electron chi connectivity index (χ2n) is 4.89. The van der Waals surface area contributed by atoms with Gasteiger partial charge in [0.2, 0.25) is 0 Å². The summed E-state index contributed by atoms with van der Waals surface area (Å²) in [6.45, 7) is 4.21. The Labute approximate surface area is 126 Å². The summed E-state index contributed by atoms with van der Waals surface area (Å²) >= 11 is 0. The Morgan fingerprint density at radius 1 is 1.00 bits per heavy atom. The Bertz CT molecular complexity index is 590. The number of rotatable bonds is 6. The number of ether oxygens (including phenoxy) is 1. The minimum Gasteiger partial charge on any atom is -0.484 e. The summed E-state index contributed by atoms with van der Waals surface area (Å²) in [4.78, 5) is 11.9. The van der Waals surface area contributed by atoms with Crippen molar-refractivity contribution in [2.24, 2.45) is 0 Å². The summed E-state index contributed by atoms with van der Waals surface area (Å²) in [5, 5.41) is 2.85. The fourth-order valence-electron chi connectivity index (χ4n) is 2.04. The van der Waals surface area contributed by atoms with Gasteiger partial charge in [0.1, 0.15) is 5.75 Å². The molecule has 2 aromatic carbocycles. The molecule has 0 fully saturated rings. The third-order valence-electron chi connectivity index (χ3n) is 3.32. The molecule has 0 unspecified atom stereocenters. The van der Waals surface area contributed by atoms with Crippen molar-refractivity contribution in [2.45, 2.75) is 26.7 Å². The standard InChI is InChI=1S/C18H21NO2/c1-3-14-8-10-17(11-9-14)21-13-18(20)19-16-7-5-6-15(4-2)12-16/h5-12H,3-4,13H2,1-2H3,(H,19,20). The van der Waals surface area contributed by atoms with Crippen molar-refractivity contribution >= 4 is 11.6 Å². The van der Waals surface area contributed by atoms with Crippen LogP contribution in [0.15, 0.2) is 48.5 Å². The third-order valence-corrected chi connectivity index (χ3v) is 3.32. The Morgan fingerprint density at radius 2 is 1.71 bits per heavy atom. The van der Waals surface area contributed by atoms with Crippen LogP contribution in [0.5, 0.6) is 5.75 Å². The maximum absolute atomic E-state index is 11.9. The fraction of sp³-hybridized carbons (Fsp3) is 0.278. The Morgan fingerprint density at radius 3 is 2.38 bits per heavy atom. The van der Waals surface area contributed by atoms with E-state index in [0.29, 0.717) is 5.75 Å². The number of anilines is 1. The summed E-state index contributed by atoms with van der Waals surface area (Å²) in [6, 6.07) is 15.7. The van der Waals surface area contributed by atoms with Gasteiger partial charge in [0.15, 0.2) is 6.61 Å². The summed E-state index contributed by atoms with van der Waals surface area (Å²) in [6.07, 6.45) is 1.94. The van der Waals surface area contributed by atoms with Gasteiger partial charge in [0.25, 0.3) is 5.91 Å². The molecule has 1 amide bonds. The lowest BCUT2D eigenvalue weighted by molar-refractivity contribution is -0.118. The Hall–Kier alpha value is -2.29. The van der Waals surface area contributed by atoms with Gasteiger partial charge < -0.3 is 10.1 Å². The Kier molecular flexibility index (Phi) is 5.38. The smallest absolute Gasteiger partial charge is 0.262 e. The molecule has 3 heteroatoms. The number of benzene rings is 2. The van der Waals surface area contributed by atoms with Crippen LogP contribution in [0.4, 0.5) is 5.69 Å². The fourth-order valence-corrected chi connectivity index (χ4v) is 2.04. The van der Waals surface area contributed by atoms with Crippen LogP contribution < -0.4 is 10.1 Å². The van der Waals surface area contributed by atoms with Gasteiger partial charge in [-0.25, -0.2) is 0 Å². The van der Waals surface area contributed by atoms with Crippen LogP contribution in [0, 0.1) is 0 Å². The van der Waals surface area contributed by atoms with Crippen molar-refractivity contribution in [1.29, 1.82) is 0 Å². The molecule has 0 saturated heterocycles. The molecule has 2 rings (SSSR count). The lowest BCUT2D eigenvalue weighted by Gasteiger charge is -2.09. The average Bonchev–Trinajstić information content (AvgIpc) is 2.53. The minimum absolute atomic E-state index is 0.0157. The van der Waals surface area contributed by atoms with E-state index in [9.17, 15) is 4.79 Å². The molecule has 0 atom stereocenters. The second-order valence-corrected chi connectivity index (χ2v) is 4.89. The maximum Gasteiger partial charge on any atom is 0.262 e. The second kappa shape index (κ2) is 7.48. The largest absolute Gasteiger partial charge is 0.484 e. The van der Waals surface area contributed by atoms with Crippen molar-refractivity contribution in [2.75, 3.05) is 11.9 Å². The summed E-state index contributed by atoms with van der Waals surface area (Å²) in [5.74, 6) is 0.562. The highest BCUT2D eigenvalue weighted by Gasteiger charge is 2.04. The molecule has 0 bridgehead atoms. The van der Waals surface area contributed by atoms with Crippen LogP contribution in [0.25, 0.3) is 0 Å². The predicted molar refractivity (Wildman–Crippen MR) is 85.8 cm³/mol. The Balaban J connectivity index is 1.86. The van der Waals surface area contributed by atoms with E-state index in [1.165, 1.54) is 11.1 Å². The van der Waals surface area contributed by atoms with E-state index in [2.05, 4.69) is 19.2 Å². The monoisotopic (exact) mass is 283 g/mol. The molecule has 21 heavy (non-hydrogen) atoms. The summed E-state index contributed by atoms with van der Waals surface area (Å²) in [7, 11) is 0. The summed E-state index contributed by atoms with van der Waals surface area (Å²) < 4.78 is 5.48. The molecule has 3 nitrogen and oxygen atoms in total. The molecule has 0 aliphatic rings.